The van der Waals surface area contributed by atoms with Crippen molar-refractivity contribution in [2.75, 3.05) is 26.2 Å². The molecule has 3 aromatic carbocycles. The average Bonchev–Trinajstić information content (AvgIpc) is 3.66. The van der Waals surface area contributed by atoms with Crippen LogP contribution in [0, 0.1) is 17.6 Å². The molecule has 3 aromatic rings. The molecule has 1 saturated carbocycles. The van der Waals surface area contributed by atoms with Crippen molar-refractivity contribution in [1.82, 2.24) is 15.5 Å². The second-order valence-corrected chi connectivity index (χ2v) is 10.9. The molecule has 2 fully saturated rings. The summed E-state index contributed by atoms with van der Waals surface area (Å²) >= 11 is 0. The minimum Gasteiger partial charge on any atom is -0.355 e. The number of halogens is 2. The zero-order valence-electron chi connectivity index (χ0n) is 22.3. The second-order valence-electron chi connectivity index (χ2n) is 10.9. The van der Waals surface area contributed by atoms with E-state index in [0.717, 1.165) is 43.6 Å². The number of hydrogen-bond acceptors (Lipinski definition) is 3. The number of likely N-dealkylation sites (tertiary alicyclic amines) is 1. The summed E-state index contributed by atoms with van der Waals surface area (Å²) in [5, 5.41) is 6.28. The average molecular weight is 532 g/mol. The fourth-order valence-corrected chi connectivity index (χ4v) is 6.22. The van der Waals surface area contributed by atoms with Crippen LogP contribution in [0.2, 0.25) is 0 Å². The predicted molar refractivity (Wildman–Crippen MR) is 147 cm³/mol. The topological polar surface area (TPSA) is 61.4 Å². The van der Waals surface area contributed by atoms with Crippen LogP contribution < -0.4 is 10.6 Å². The number of nitrogens with one attached hydrogen (secondary N) is 2. The van der Waals surface area contributed by atoms with E-state index in [4.69, 9.17) is 0 Å². The fraction of sp³-hybridized carbons (Fsp3) is 0.375. The van der Waals surface area contributed by atoms with E-state index in [-0.39, 0.29) is 29.4 Å². The van der Waals surface area contributed by atoms with Crippen LogP contribution in [-0.2, 0) is 27.0 Å². The molecule has 39 heavy (non-hydrogen) atoms. The van der Waals surface area contributed by atoms with Gasteiger partial charge >= 0.3 is 0 Å². The third-order valence-electron chi connectivity index (χ3n) is 8.39. The highest BCUT2D eigenvalue weighted by Gasteiger charge is 2.61. The molecule has 2 aliphatic rings. The van der Waals surface area contributed by atoms with Crippen LogP contribution in [0.4, 0.5) is 8.78 Å². The predicted octanol–water partition coefficient (Wildman–Crippen LogP) is 4.71. The SMILES string of the molecule is CC(=O)NC1(c2ccccc2)CCN(CC2CC2(C(=O)NCCc2ccc(F)cc2)c2cccc(F)c2)CC1. The number of amides is 2. The molecule has 2 N–H and O–H groups in total. The highest BCUT2D eigenvalue weighted by Crippen LogP contribution is 2.55. The molecule has 1 aliphatic carbocycles. The molecule has 5 rings (SSSR count). The molecule has 0 aromatic heterocycles. The summed E-state index contributed by atoms with van der Waals surface area (Å²) in [6.45, 7) is 4.29. The van der Waals surface area contributed by atoms with Gasteiger partial charge in [-0.15, -0.1) is 0 Å². The third kappa shape index (κ3) is 5.88. The Balaban J connectivity index is 1.26. The number of nitrogens with zero attached hydrogens (tertiary/aromatic N) is 1. The fourth-order valence-electron chi connectivity index (χ4n) is 6.22. The van der Waals surface area contributed by atoms with Crippen LogP contribution >= 0.6 is 0 Å². The molecule has 1 heterocycles. The van der Waals surface area contributed by atoms with Gasteiger partial charge in [0.25, 0.3) is 0 Å². The van der Waals surface area contributed by atoms with Crippen LogP contribution in [0.5, 0.6) is 0 Å². The Morgan fingerprint density at radius 2 is 1.59 bits per heavy atom. The Bertz CT molecular complexity index is 1310. The van der Waals surface area contributed by atoms with E-state index in [9.17, 15) is 18.4 Å². The Hall–Kier alpha value is -3.58. The van der Waals surface area contributed by atoms with Crippen LogP contribution in [-0.4, -0.2) is 42.9 Å². The van der Waals surface area contributed by atoms with Gasteiger partial charge in [0.2, 0.25) is 11.8 Å². The summed E-state index contributed by atoms with van der Waals surface area (Å²) in [4.78, 5) is 28.0. The number of rotatable bonds is 9. The van der Waals surface area contributed by atoms with Gasteiger partial charge in [-0.25, -0.2) is 8.78 Å². The summed E-state index contributed by atoms with van der Waals surface area (Å²) in [5.74, 6) is -0.705. The Morgan fingerprint density at radius 3 is 2.26 bits per heavy atom. The smallest absolute Gasteiger partial charge is 0.231 e. The van der Waals surface area contributed by atoms with Crippen molar-refractivity contribution in [1.29, 1.82) is 0 Å². The zero-order valence-corrected chi connectivity index (χ0v) is 22.3. The lowest BCUT2D eigenvalue weighted by Gasteiger charge is -2.43. The largest absolute Gasteiger partial charge is 0.355 e. The quantitative estimate of drug-likeness (QED) is 0.421. The third-order valence-corrected chi connectivity index (χ3v) is 8.39. The van der Waals surface area contributed by atoms with Gasteiger partial charge in [-0.05, 0) is 72.6 Å². The van der Waals surface area contributed by atoms with Crippen molar-refractivity contribution in [2.45, 2.75) is 43.6 Å². The monoisotopic (exact) mass is 531 g/mol. The van der Waals surface area contributed by atoms with Gasteiger partial charge in [0.1, 0.15) is 11.6 Å². The van der Waals surface area contributed by atoms with Gasteiger partial charge in [0.05, 0.1) is 11.0 Å². The highest BCUT2D eigenvalue weighted by atomic mass is 19.1. The number of hydrogen-bond donors (Lipinski definition) is 2. The van der Waals surface area contributed by atoms with Gasteiger partial charge in [0, 0.05) is 33.1 Å². The molecular weight excluding hydrogens is 496 g/mol. The van der Waals surface area contributed by atoms with E-state index in [2.05, 4.69) is 27.7 Å². The van der Waals surface area contributed by atoms with Crippen molar-refractivity contribution >= 4 is 11.8 Å². The number of piperidine rings is 1. The van der Waals surface area contributed by atoms with Gasteiger partial charge in [-0.2, -0.15) is 0 Å². The molecule has 2 unspecified atom stereocenters. The van der Waals surface area contributed by atoms with Gasteiger partial charge in [-0.1, -0.05) is 54.6 Å². The van der Waals surface area contributed by atoms with Crippen molar-refractivity contribution < 1.29 is 18.4 Å². The van der Waals surface area contributed by atoms with E-state index in [1.807, 2.05) is 24.3 Å². The van der Waals surface area contributed by atoms with Crippen molar-refractivity contribution in [3.8, 4) is 0 Å². The van der Waals surface area contributed by atoms with Crippen LogP contribution in [0.3, 0.4) is 0 Å². The Kier molecular flexibility index (Phi) is 7.80. The lowest BCUT2D eigenvalue weighted by atomic mass is 9.80. The molecular formula is C32H35F2N3O2. The number of carbonyl (C=O) groups is 2. The lowest BCUT2D eigenvalue weighted by molar-refractivity contribution is -0.124. The van der Waals surface area contributed by atoms with Crippen molar-refractivity contribution in [3.63, 3.8) is 0 Å². The minimum absolute atomic E-state index is 0.0445. The molecule has 1 aliphatic heterocycles. The molecule has 0 spiro atoms. The molecule has 2 atom stereocenters. The molecule has 1 saturated heterocycles. The van der Waals surface area contributed by atoms with Gasteiger partial charge < -0.3 is 15.5 Å². The number of benzene rings is 3. The molecule has 5 nitrogen and oxygen atoms in total. The Morgan fingerprint density at radius 1 is 0.897 bits per heavy atom. The summed E-state index contributed by atoms with van der Waals surface area (Å²) in [5.41, 5.74) is 1.60. The molecule has 2 amide bonds. The first kappa shape index (κ1) is 27.0. The maximum absolute atomic E-state index is 14.2. The summed E-state index contributed by atoms with van der Waals surface area (Å²) in [6.07, 6.45) is 2.80. The maximum Gasteiger partial charge on any atom is 0.231 e. The minimum atomic E-state index is -0.767. The normalized spacial score (nSPS) is 22.2. The van der Waals surface area contributed by atoms with Crippen molar-refractivity contribution in [2.24, 2.45) is 5.92 Å². The zero-order chi connectivity index (χ0) is 27.5. The molecule has 204 valence electrons. The van der Waals surface area contributed by atoms with Crippen LogP contribution in [0.25, 0.3) is 0 Å². The van der Waals surface area contributed by atoms with Gasteiger partial charge in [0.15, 0.2) is 0 Å². The maximum atomic E-state index is 14.2. The summed E-state index contributed by atoms with van der Waals surface area (Å²) in [7, 11) is 0. The van der Waals surface area contributed by atoms with Crippen molar-refractivity contribution in [3.05, 3.63) is 107 Å². The summed E-state index contributed by atoms with van der Waals surface area (Å²) in [6, 6.07) is 22.8. The van der Waals surface area contributed by atoms with E-state index in [0.29, 0.717) is 24.9 Å². The van der Waals surface area contributed by atoms with Crippen LogP contribution in [0.1, 0.15) is 42.9 Å². The van der Waals surface area contributed by atoms with Crippen LogP contribution in [0.15, 0.2) is 78.9 Å². The Labute approximate surface area is 228 Å². The molecule has 0 bridgehead atoms. The van der Waals surface area contributed by atoms with Gasteiger partial charge in [-0.3, -0.25) is 9.59 Å². The first-order valence-corrected chi connectivity index (χ1v) is 13.7. The first-order chi connectivity index (χ1) is 18.8. The second kappa shape index (κ2) is 11.3. The number of carbonyl (C=O) groups excluding carboxylic acids is 2. The summed E-state index contributed by atoms with van der Waals surface area (Å²) < 4.78 is 27.4. The van der Waals surface area contributed by atoms with E-state index >= 15 is 0 Å². The molecule has 7 heteroatoms. The highest BCUT2D eigenvalue weighted by molar-refractivity contribution is 5.92. The molecule has 0 radical (unpaired) electrons. The first-order valence-electron chi connectivity index (χ1n) is 13.7. The lowest BCUT2D eigenvalue weighted by Crippen LogP contribution is -2.53. The van der Waals surface area contributed by atoms with E-state index < -0.39 is 11.0 Å². The standard InChI is InChI=1S/C32H35F2N3O2/c1-23(38)36-31(25-6-3-2-4-7-25)15-18-37(19-16-31)22-27-21-32(27,26-8-5-9-29(34)20-26)30(39)35-17-14-24-10-12-28(33)13-11-24/h2-13,20,27H,14-19,21-22H2,1H3,(H,35,39)(H,36,38). The van der Waals surface area contributed by atoms with E-state index in [1.54, 1.807) is 25.1 Å². The van der Waals surface area contributed by atoms with E-state index in [1.165, 1.54) is 24.3 Å².